The zero-order valence-electron chi connectivity index (χ0n) is 20.3. The van der Waals surface area contributed by atoms with Crippen LogP contribution in [0.25, 0.3) is 5.57 Å². The van der Waals surface area contributed by atoms with Gasteiger partial charge in [-0.15, -0.1) is 0 Å². The van der Waals surface area contributed by atoms with E-state index in [1.54, 1.807) is 0 Å². The Labute approximate surface area is 201 Å². The zero-order valence-corrected chi connectivity index (χ0v) is 20.3. The maximum atomic E-state index is 15.8. The molecule has 2 N–H and O–H groups in total. The first-order chi connectivity index (χ1) is 16.4. The van der Waals surface area contributed by atoms with Crippen LogP contribution in [0.4, 0.5) is 15.8 Å². The van der Waals surface area contributed by atoms with E-state index in [1.807, 2.05) is 80.5 Å². The van der Waals surface area contributed by atoms with Crippen LogP contribution in [0.15, 0.2) is 65.9 Å². The summed E-state index contributed by atoms with van der Waals surface area (Å²) in [4.78, 5) is 15.4. The summed E-state index contributed by atoms with van der Waals surface area (Å²) < 4.78 is 21.3. The van der Waals surface area contributed by atoms with E-state index in [0.717, 1.165) is 41.8 Å². The van der Waals surface area contributed by atoms with Gasteiger partial charge in [-0.05, 0) is 86.2 Å². The monoisotopic (exact) mass is 463 g/mol. The molecule has 1 aliphatic carbocycles. The largest absolute Gasteiger partial charge is 0.494 e. The highest BCUT2D eigenvalue weighted by Gasteiger charge is 2.38. The third-order valence-corrected chi connectivity index (χ3v) is 6.59. The Morgan fingerprint density at radius 2 is 1.74 bits per heavy atom. The van der Waals surface area contributed by atoms with Gasteiger partial charge in [-0.25, -0.2) is 4.39 Å². The fourth-order valence-electron chi connectivity index (χ4n) is 4.64. The number of ether oxygens (including phenoxy) is 1. The van der Waals surface area contributed by atoms with Gasteiger partial charge in [-0.3, -0.25) is 4.79 Å². The normalized spacial score (nSPS) is 17.5. The molecule has 0 radical (unpaired) electrons. The van der Waals surface area contributed by atoms with Gasteiger partial charge in [0.2, 0.25) is 0 Å². The van der Waals surface area contributed by atoms with Crippen molar-refractivity contribution in [1.82, 2.24) is 5.32 Å². The number of amides is 1. The summed E-state index contributed by atoms with van der Waals surface area (Å²) in [5, 5.41) is 6.23. The molecule has 2 aromatic carbocycles. The second-order valence-electron chi connectivity index (χ2n) is 9.18. The third kappa shape index (κ3) is 5.27. The lowest BCUT2D eigenvalue weighted by Gasteiger charge is -2.35. The predicted octanol–water partition coefficient (Wildman–Crippen LogP) is 5.70. The molecule has 0 aromatic heterocycles. The Hall–Kier alpha value is -3.28. The van der Waals surface area contributed by atoms with Crippen LogP contribution >= 0.6 is 0 Å². The summed E-state index contributed by atoms with van der Waals surface area (Å²) in [5.41, 5.74) is 3.26. The van der Waals surface area contributed by atoms with Gasteiger partial charge in [-0.1, -0.05) is 18.6 Å². The first-order valence-corrected chi connectivity index (χ1v) is 12.1. The van der Waals surface area contributed by atoms with Gasteiger partial charge in [0.1, 0.15) is 11.4 Å². The van der Waals surface area contributed by atoms with Crippen molar-refractivity contribution >= 4 is 22.9 Å². The molecule has 1 amide bonds. The molecule has 0 spiro atoms. The number of anilines is 2. The third-order valence-electron chi connectivity index (χ3n) is 6.59. The Bertz CT molecular complexity index is 1070. The molecule has 1 saturated carbocycles. The Balaban J connectivity index is 1.67. The van der Waals surface area contributed by atoms with Crippen LogP contribution in [0.2, 0.25) is 0 Å². The predicted molar refractivity (Wildman–Crippen MR) is 137 cm³/mol. The summed E-state index contributed by atoms with van der Waals surface area (Å²) in [6.45, 7) is 2.80. The Morgan fingerprint density at radius 3 is 2.35 bits per heavy atom. The number of carbonyl (C=O) groups excluding carboxylic acids is 1. The number of halogens is 1. The lowest BCUT2D eigenvalue weighted by Crippen LogP contribution is -2.40. The van der Waals surface area contributed by atoms with Crippen LogP contribution in [-0.2, 0) is 4.79 Å². The number of rotatable bonds is 7. The molecule has 0 bridgehead atoms. The minimum atomic E-state index is -1.36. The molecule has 6 heteroatoms. The second kappa shape index (κ2) is 10.3. The average molecular weight is 464 g/mol. The highest BCUT2D eigenvalue weighted by atomic mass is 19.1. The topological polar surface area (TPSA) is 53.6 Å². The second-order valence-corrected chi connectivity index (χ2v) is 9.18. The van der Waals surface area contributed by atoms with Crippen LogP contribution in [0.5, 0.6) is 5.75 Å². The van der Waals surface area contributed by atoms with Crippen molar-refractivity contribution in [3.8, 4) is 5.75 Å². The number of nitrogens with zero attached hydrogens (tertiary/aromatic N) is 1. The molecule has 5 nitrogen and oxygen atoms in total. The Morgan fingerprint density at radius 1 is 1.06 bits per heavy atom. The fourth-order valence-corrected chi connectivity index (χ4v) is 4.64. The molecule has 1 aliphatic heterocycles. The molecule has 180 valence electrons. The smallest absolute Gasteiger partial charge is 0.254 e. The highest BCUT2D eigenvalue weighted by molar-refractivity contribution is 6.11. The molecule has 4 rings (SSSR count). The summed E-state index contributed by atoms with van der Waals surface area (Å²) in [6, 6.07) is 15.4. The molecule has 0 unspecified atom stereocenters. The molecular formula is C28H34FN3O2. The quantitative estimate of drug-likeness (QED) is 0.553. The molecule has 2 aromatic rings. The number of carbonyl (C=O) groups is 1. The lowest BCUT2D eigenvalue weighted by atomic mass is 9.81. The molecule has 34 heavy (non-hydrogen) atoms. The van der Waals surface area contributed by atoms with Crippen LogP contribution < -0.4 is 20.3 Å². The van der Waals surface area contributed by atoms with E-state index in [0.29, 0.717) is 36.4 Å². The van der Waals surface area contributed by atoms with Crippen LogP contribution in [0.1, 0.15) is 44.6 Å². The number of dihydropyridines is 1. The number of benzene rings is 2. The molecule has 1 heterocycles. The van der Waals surface area contributed by atoms with Gasteiger partial charge in [0.25, 0.3) is 5.91 Å². The van der Waals surface area contributed by atoms with Crippen molar-refractivity contribution in [2.24, 2.45) is 0 Å². The van der Waals surface area contributed by atoms with E-state index in [9.17, 15) is 4.79 Å². The number of alkyl halides is 1. The van der Waals surface area contributed by atoms with Gasteiger partial charge in [0.05, 0.1) is 6.61 Å². The molecule has 0 atom stereocenters. The molecule has 2 aliphatic rings. The summed E-state index contributed by atoms with van der Waals surface area (Å²) >= 11 is 0. The fraction of sp³-hybridized carbons (Fsp3) is 0.393. The van der Waals surface area contributed by atoms with Crippen molar-refractivity contribution in [1.29, 1.82) is 0 Å². The first-order valence-electron chi connectivity index (χ1n) is 12.1. The molecule has 1 fully saturated rings. The number of hydrogen-bond acceptors (Lipinski definition) is 4. The van der Waals surface area contributed by atoms with Gasteiger partial charge in [-0.2, -0.15) is 0 Å². The van der Waals surface area contributed by atoms with Gasteiger partial charge in [0, 0.05) is 43.3 Å². The van der Waals surface area contributed by atoms with Crippen LogP contribution in [0, 0.1) is 0 Å². The number of allylic oxidation sites excluding steroid dienone is 3. The van der Waals surface area contributed by atoms with E-state index in [-0.39, 0.29) is 12.5 Å². The van der Waals surface area contributed by atoms with Crippen molar-refractivity contribution in [2.75, 3.05) is 37.5 Å². The van der Waals surface area contributed by atoms with Crippen molar-refractivity contribution in [2.45, 2.75) is 44.7 Å². The van der Waals surface area contributed by atoms with Crippen LogP contribution in [0.3, 0.4) is 0 Å². The first kappa shape index (κ1) is 23.9. The maximum absolute atomic E-state index is 15.8. The average Bonchev–Trinajstić information content (AvgIpc) is 2.85. The Kier molecular flexibility index (Phi) is 7.25. The van der Waals surface area contributed by atoms with E-state index >= 15 is 4.39 Å². The SMILES string of the molecule is CCOc1ccc(NC(=O)C2=C(c3ccc(N(C)C)cc3)C=C(C3(F)CCCCC3)NC2)cc1. The van der Waals surface area contributed by atoms with Crippen molar-refractivity contribution in [3.63, 3.8) is 0 Å². The van der Waals surface area contributed by atoms with E-state index < -0.39 is 5.67 Å². The summed E-state index contributed by atoms with van der Waals surface area (Å²) in [5.74, 6) is 0.559. The lowest BCUT2D eigenvalue weighted by molar-refractivity contribution is -0.112. The molecule has 0 saturated heterocycles. The van der Waals surface area contributed by atoms with Crippen molar-refractivity contribution in [3.05, 3.63) is 71.4 Å². The number of hydrogen-bond donors (Lipinski definition) is 2. The highest BCUT2D eigenvalue weighted by Crippen LogP contribution is 2.40. The van der Waals surface area contributed by atoms with Crippen molar-refractivity contribution < 1.29 is 13.9 Å². The van der Waals surface area contributed by atoms with Gasteiger partial charge >= 0.3 is 0 Å². The minimum Gasteiger partial charge on any atom is -0.494 e. The zero-order chi connectivity index (χ0) is 24.1. The van der Waals surface area contributed by atoms with E-state index in [2.05, 4.69) is 10.6 Å². The standard InChI is InChI=1S/C28H34FN3O2/c1-4-34-23-14-10-21(11-15-23)31-27(33)25-19-30-26(28(29)16-6-5-7-17-28)18-24(25)20-8-12-22(13-9-20)32(2)3/h8-15,18,30H,4-7,16-17,19H2,1-3H3,(H,31,33). The molecular weight excluding hydrogens is 429 g/mol. The summed E-state index contributed by atoms with van der Waals surface area (Å²) in [6.07, 6.45) is 5.74. The van der Waals surface area contributed by atoms with Gasteiger partial charge in [0.15, 0.2) is 0 Å². The van der Waals surface area contributed by atoms with Gasteiger partial charge < -0.3 is 20.3 Å². The van der Waals surface area contributed by atoms with E-state index in [1.165, 1.54) is 0 Å². The number of nitrogens with one attached hydrogen (secondary N) is 2. The minimum absolute atomic E-state index is 0.199. The van der Waals surface area contributed by atoms with E-state index in [4.69, 9.17) is 4.74 Å². The summed E-state index contributed by atoms with van der Waals surface area (Å²) in [7, 11) is 3.98. The maximum Gasteiger partial charge on any atom is 0.254 e. The van der Waals surface area contributed by atoms with Crippen LogP contribution in [-0.4, -0.2) is 38.8 Å².